The fourth-order valence-corrected chi connectivity index (χ4v) is 2.28. The molecule has 3 aromatic rings. The predicted octanol–water partition coefficient (Wildman–Crippen LogP) is 3.18. The molecule has 0 aliphatic heterocycles. The van der Waals surface area contributed by atoms with Crippen molar-refractivity contribution < 1.29 is 4.79 Å². The number of imidazole rings is 1. The molecule has 0 bridgehead atoms. The molecule has 116 valence electrons. The second-order valence-corrected chi connectivity index (χ2v) is 5.40. The van der Waals surface area contributed by atoms with Crippen LogP contribution in [0.15, 0.2) is 43.0 Å². The van der Waals surface area contributed by atoms with Crippen LogP contribution in [0.2, 0.25) is 5.02 Å². The summed E-state index contributed by atoms with van der Waals surface area (Å²) < 4.78 is 1.79. The van der Waals surface area contributed by atoms with Crippen LogP contribution in [0, 0.1) is 13.8 Å². The molecular weight excluding hydrogens is 314 g/mol. The Hall–Kier alpha value is -2.73. The molecule has 1 amide bonds. The van der Waals surface area contributed by atoms with Crippen molar-refractivity contribution in [2.75, 3.05) is 5.32 Å². The van der Waals surface area contributed by atoms with E-state index >= 15 is 0 Å². The van der Waals surface area contributed by atoms with E-state index in [1.807, 2.05) is 13.8 Å². The molecule has 2 aromatic heterocycles. The number of hydrogen-bond donors (Lipinski definition) is 1. The molecule has 0 aliphatic carbocycles. The van der Waals surface area contributed by atoms with Gasteiger partial charge in [-0.05, 0) is 26.0 Å². The second kappa shape index (κ2) is 6.18. The highest BCUT2D eigenvalue weighted by atomic mass is 35.5. The first-order chi connectivity index (χ1) is 11.1. The maximum absolute atomic E-state index is 12.2. The highest BCUT2D eigenvalue weighted by Gasteiger charge is 2.11. The number of rotatable bonds is 3. The maximum Gasteiger partial charge on any atom is 0.257 e. The molecule has 1 aromatic carbocycles. The first-order valence-corrected chi connectivity index (χ1v) is 7.33. The lowest BCUT2D eigenvalue weighted by molar-refractivity contribution is 0.102. The Kier molecular flexibility index (Phi) is 4.08. The highest BCUT2D eigenvalue weighted by molar-refractivity contribution is 6.34. The minimum Gasteiger partial charge on any atom is -0.319 e. The summed E-state index contributed by atoms with van der Waals surface area (Å²) in [5, 5.41) is 3.12. The summed E-state index contributed by atoms with van der Waals surface area (Å²) in [5.74, 6) is 0.195. The molecule has 0 saturated heterocycles. The van der Waals surface area contributed by atoms with Crippen LogP contribution in [0.5, 0.6) is 0 Å². The lowest BCUT2D eigenvalue weighted by Crippen LogP contribution is -2.13. The van der Waals surface area contributed by atoms with Crippen molar-refractivity contribution in [1.29, 1.82) is 0 Å². The fraction of sp³-hybridized carbons (Fsp3) is 0.125. The molecule has 23 heavy (non-hydrogen) atoms. The number of nitrogens with zero attached hydrogens (tertiary/aromatic N) is 4. The predicted molar refractivity (Wildman–Crippen MR) is 88.0 cm³/mol. The zero-order valence-electron chi connectivity index (χ0n) is 12.6. The van der Waals surface area contributed by atoms with E-state index in [0.29, 0.717) is 22.2 Å². The number of aromatic nitrogens is 4. The zero-order valence-corrected chi connectivity index (χ0v) is 13.4. The van der Waals surface area contributed by atoms with Crippen LogP contribution in [0.25, 0.3) is 5.95 Å². The summed E-state index contributed by atoms with van der Waals surface area (Å²) in [6.07, 6.45) is 4.76. The third-order valence-electron chi connectivity index (χ3n) is 3.48. The van der Waals surface area contributed by atoms with Crippen molar-refractivity contribution in [3.63, 3.8) is 0 Å². The van der Waals surface area contributed by atoms with E-state index in [2.05, 4.69) is 20.3 Å². The van der Waals surface area contributed by atoms with Crippen molar-refractivity contribution in [3.8, 4) is 5.95 Å². The Bertz CT molecular complexity index is 857. The Morgan fingerprint density at radius 2 is 1.83 bits per heavy atom. The van der Waals surface area contributed by atoms with Gasteiger partial charge in [0.15, 0.2) is 0 Å². The van der Waals surface area contributed by atoms with Crippen LogP contribution in [-0.2, 0) is 0 Å². The number of aryl methyl sites for hydroxylation is 1. The van der Waals surface area contributed by atoms with E-state index in [0.717, 1.165) is 11.4 Å². The molecule has 0 atom stereocenters. The zero-order chi connectivity index (χ0) is 16.4. The molecule has 6 nitrogen and oxygen atoms in total. The summed E-state index contributed by atoms with van der Waals surface area (Å²) in [7, 11) is 0. The van der Waals surface area contributed by atoms with Crippen molar-refractivity contribution in [2.45, 2.75) is 13.8 Å². The standard InChI is InChI=1S/C16H14ClN5O/c1-10-11(2)22(9-20-10)16-18-7-12(8-19-16)21-15(23)13-5-3-4-6-14(13)17/h3-9H,1-2H3,(H,21,23). The van der Waals surface area contributed by atoms with E-state index in [9.17, 15) is 4.79 Å². The fourth-order valence-electron chi connectivity index (χ4n) is 2.05. The normalized spacial score (nSPS) is 10.6. The number of anilines is 1. The van der Waals surface area contributed by atoms with Crippen LogP contribution in [0.4, 0.5) is 5.69 Å². The number of carbonyl (C=O) groups is 1. The Balaban J connectivity index is 1.79. The molecule has 0 radical (unpaired) electrons. The van der Waals surface area contributed by atoms with Gasteiger partial charge < -0.3 is 5.32 Å². The SMILES string of the molecule is Cc1ncn(-c2ncc(NC(=O)c3ccccc3Cl)cn2)c1C. The second-order valence-electron chi connectivity index (χ2n) is 4.99. The summed E-state index contributed by atoms with van der Waals surface area (Å²) in [6, 6.07) is 6.85. The highest BCUT2D eigenvalue weighted by Crippen LogP contribution is 2.17. The molecule has 0 saturated carbocycles. The topological polar surface area (TPSA) is 72.7 Å². The minimum atomic E-state index is -0.304. The van der Waals surface area contributed by atoms with Crippen LogP contribution in [-0.4, -0.2) is 25.4 Å². The molecule has 7 heteroatoms. The van der Waals surface area contributed by atoms with Crippen molar-refractivity contribution in [2.24, 2.45) is 0 Å². The van der Waals surface area contributed by atoms with Crippen molar-refractivity contribution in [1.82, 2.24) is 19.5 Å². The van der Waals surface area contributed by atoms with E-state index in [1.54, 1.807) is 47.6 Å². The van der Waals surface area contributed by atoms with Gasteiger partial charge >= 0.3 is 0 Å². The molecule has 0 aliphatic rings. The summed E-state index contributed by atoms with van der Waals surface area (Å²) in [4.78, 5) is 24.9. The average molecular weight is 328 g/mol. The van der Waals surface area contributed by atoms with E-state index in [4.69, 9.17) is 11.6 Å². The number of carbonyl (C=O) groups excluding carboxylic acids is 1. The summed E-state index contributed by atoms with van der Waals surface area (Å²) in [5.41, 5.74) is 2.79. The number of nitrogens with one attached hydrogen (secondary N) is 1. The van der Waals surface area contributed by atoms with Crippen LogP contribution >= 0.6 is 11.6 Å². The third kappa shape index (κ3) is 3.07. The van der Waals surface area contributed by atoms with E-state index < -0.39 is 0 Å². The first-order valence-electron chi connectivity index (χ1n) is 6.95. The largest absolute Gasteiger partial charge is 0.319 e. The molecule has 0 unspecified atom stereocenters. The maximum atomic E-state index is 12.2. The smallest absolute Gasteiger partial charge is 0.257 e. The molecule has 0 spiro atoms. The molecule has 2 heterocycles. The number of amides is 1. The van der Waals surface area contributed by atoms with Gasteiger partial charge in [-0.2, -0.15) is 0 Å². The monoisotopic (exact) mass is 327 g/mol. The quantitative estimate of drug-likeness (QED) is 0.802. The van der Waals surface area contributed by atoms with Gasteiger partial charge in [0, 0.05) is 5.69 Å². The van der Waals surface area contributed by atoms with Gasteiger partial charge in [0.05, 0.1) is 34.4 Å². The van der Waals surface area contributed by atoms with Crippen LogP contribution < -0.4 is 5.32 Å². The van der Waals surface area contributed by atoms with Crippen LogP contribution in [0.1, 0.15) is 21.7 Å². The van der Waals surface area contributed by atoms with Gasteiger partial charge in [-0.1, -0.05) is 23.7 Å². The Morgan fingerprint density at radius 1 is 1.13 bits per heavy atom. The lowest BCUT2D eigenvalue weighted by Gasteiger charge is -2.07. The van der Waals surface area contributed by atoms with Crippen molar-refractivity contribution >= 4 is 23.2 Å². The lowest BCUT2D eigenvalue weighted by atomic mass is 10.2. The van der Waals surface area contributed by atoms with Gasteiger partial charge in [0.1, 0.15) is 6.33 Å². The first kappa shape index (κ1) is 15.2. The van der Waals surface area contributed by atoms with Gasteiger partial charge in [-0.25, -0.2) is 15.0 Å². The number of halogens is 1. The minimum absolute atomic E-state index is 0.304. The molecule has 0 fully saturated rings. The Morgan fingerprint density at radius 3 is 2.43 bits per heavy atom. The summed E-state index contributed by atoms with van der Waals surface area (Å²) >= 11 is 6.01. The van der Waals surface area contributed by atoms with Gasteiger partial charge in [-0.15, -0.1) is 0 Å². The van der Waals surface area contributed by atoms with E-state index in [-0.39, 0.29) is 5.91 Å². The molecule has 3 rings (SSSR count). The van der Waals surface area contributed by atoms with Crippen LogP contribution in [0.3, 0.4) is 0 Å². The number of hydrogen-bond acceptors (Lipinski definition) is 4. The Labute approximate surface area is 138 Å². The van der Waals surface area contributed by atoms with E-state index in [1.165, 1.54) is 0 Å². The number of benzene rings is 1. The molecular formula is C16H14ClN5O. The summed E-state index contributed by atoms with van der Waals surface area (Å²) in [6.45, 7) is 3.86. The van der Waals surface area contributed by atoms with Gasteiger partial charge in [-0.3, -0.25) is 9.36 Å². The third-order valence-corrected chi connectivity index (χ3v) is 3.81. The van der Waals surface area contributed by atoms with Gasteiger partial charge in [0.25, 0.3) is 5.91 Å². The van der Waals surface area contributed by atoms with Crippen molar-refractivity contribution in [3.05, 3.63) is 65.0 Å². The average Bonchev–Trinajstić information content (AvgIpc) is 2.88. The van der Waals surface area contributed by atoms with Gasteiger partial charge in [0.2, 0.25) is 5.95 Å². The molecule has 1 N–H and O–H groups in total.